The van der Waals surface area contributed by atoms with E-state index in [1.54, 1.807) is 11.8 Å². The van der Waals surface area contributed by atoms with Crippen LogP contribution in [0.5, 0.6) is 0 Å². The fraction of sp³-hybridized carbons (Fsp3) is 0.118. The average molecular weight is 336 g/mol. The third-order valence-electron chi connectivity index (χ3n) is 3.90. The number of nitrogens with two attached hydrogens (primary N) is 2. The number of hydrogen-bond donors (Lipinski definition) is 3. The van der Waals surface area contributed by atoms with Gasteiger partial charge in [0.1, 0.15) is 0 Å². The Morgan fingerprint density at radius 3 is 2.75 bits per heavy atom. The maximum absolute atomic E-state index is 5.43. The highest BCUT2D eigenvalue weighted by molar-refractivity contribution is 8.00. The third-order valence-corrected chi connectivity index (χ3v) is 4.99. The van der Waals surface area contributed by atoms with E-state index in [4.69, 9.17) is 11.5 Å². The van der Waals surface area contributed by atoms with Crippen LogP contribution >= 0.6 is 11.8 Å². The van der Waals surface area contributed by atoms with Crippen molar-refractivity contribution in [2.75, 3.05) is 0 Å². The van der Waals surface area contributed by atoms with E-state index < -0.39 is 0 Å². The van der Waals surface area contributed by atoms with Gasteiger partial charge in [-0.25, -0.2) is 4.98 Å². The monoisotopic (exact) mass is 336 g/mol. The highest BCUT2D eigenvalue weighted by Gasteiger charge is 2.30. The number of aromatic nitrogens is 2. The number of rotatable bonds is 3. The minimum Gasteiger partial charge on any atom is -0.369 e. The predicted octanol–water partition coefficient (Wildman–Crippen LogP) is 2.26. The maximum Gasteiger partial charge on any atom is 0.211 e. The Kier molecular flexibility index (Phi) is 3.70. The Labute approximate surface area is 143 Å². The molecule has 0 aliphatic heterocycles. The highest BCUT2D eigenvalue weighted by Crippen LogP contribution is 2.34. The number of thioether (sulfide) groups is 1. The smallest absolute Gasteiger partial charge is 0.211 e. The molecule has 1 aliphatic carbocycles. The zero-order valence-corrected chi connectivity index (χ0v) is 13.6. The molecule has 1 atom stereocenters. The second-order valence-electron chi connectivity index (χ2n) is 5.54. The normalized spacial score (nSPS) is 18.0. The van der Waals surface area contributed by atoms with Crippen molar-refractivity contribution >= 4 is 34.5 Å². The van der Waals surface area contributed by atoms with Crippen LogP contribution < -0.4 is 11.5 Å². The highest BCUT2D eigenvalue weighted by atomic mass is 32.2. The summed E-state index contributed by atoms with van der Waals surface area (Å²) in [6, 6.07) is 16.2. The molecule has 1 unspecified atom stereocenters. The average Bonchev–Trinajstić information content (AvgIpc) is 3.13. The summed E-state index contributed by atoms with van der Waals surface area (Å²) in [5.41, 5.74) is 16.1. The lowest BCUT2D eigenvalue weighted by Gasteiger charge is -2.07. The standard InChI is InChI=1S/C17H16N6S/c18-16(19)23-22-15-11-6-2-1-5-10(11)9-14(15)24-17-20-12-7-3-4-8-13(12)21-17/h1-8,14H,9H2,(H,20,21)(H4,18,19,23)/b22-15+. The molecule has 0 fully saturated rings. The van der Waals surface area contributed by atoms with E-state index in [2.05, 4.69) is 32.3 Å². The number of nitrogens with zero attached hydrogens (tertiary/aromatic N) is 3. The van der Waals surface area contributed by atoms with Gasteiger partial charge in [-0.15, -0.1) is 5.10 Å². The first kappa shape index (κ1) is 14.8. The quantitative estimate of drug-likeness (QED) is 0.387. The summed E-state index contributed by atoms with van der Waals surface area (Å²) in [6.45, 7) is 0. The Morgan fingerprint density at radius 2 is 1.92 bits per heavy atom. The molecular formula is C17H16N6S. The first-order chi connectivity index (χ1) is 11.7. The predicted molar refractivity (Wildman–Crippen MR) is 98.2 cm³/mol. The van der Waals surface area contributed by atoms with Crippen LogP contribution in [0.25, 0.3) is 11.0 Å². The van der Waals surface area contributed by atoms with Crippen LogP contribution in [-0.2, 0) is 6.42 Å². The van der Waals surface area contributed by atoms with Crippen molar-refractivity contribution < 1.29 is 0 Å². The zero-order chi connectivity index (χ0) is 16.5. The summed E-state index contributed by atoms with van der Waals surface area (Å²) in [5, 5.41) is 9.13. The van der Waals surface area contributed by atoms with E-state index in [9.17, 15) is 0 Å². The van der Waals surface area contributed by atoms with Gasteiger partial charge in [-0.1, -0.05) is 48.2 Å². The van der Waals surface area contributed by atoms with Gasteiger partial charge in [0.2, 0.25) is 5.96 Å². The number of nitrogens with one attached hydrogen (secondary N) is 1. The Balaban J connectivity index is 1.68. The summed E-state index contributed by atoms with van der Waals surface area (Å²) >= 11 is 1.64. The Hall–Kier alpha value is -2.80. The molecule has 24 heavy (non-hydrogen) atoms. The van der Waals surface area contributed by atoms with Crippen LogP contribution in [0.2, 0.25) is 0 Å². The molecule has 2 aromatic carbocycles. The molecule has 7 heteroatoms. The van der Waals surface area contributed by atoms with Gasteiger partial charge >= 0.3 is 0 Å². The van der Waals surface area contributed by atoms with Crippen LogP contribution in [-0.4, -0.2) is 26.9 Å². The number of H-pyrrole nitrogens is 1. The van der Waals surface area contributed by atoms with Crippen molar-refractivity contribution in [2.24, 2.45) is 21.7 Å². The molecule has 1 aliphatic rings. The number of para-hydroxylation sites is 2. The Bertz CT molecular complexity index is 921. The minimum absolute atomic E-state index is 0.0423. The van der Waals surface area contributed by atoms with Gasteiger partial charge < -0.3 is 16.5 Å². The molecule has 0 radical (unpaired) electrons. The zero-order valence-electron chi connectivity index (χ0n) is 12.8. The number of imidazole rings is 1. The SMILES string of the molecule is NC(N)=N/N=C1\c2ccccc2CC1Sc1nc2ccccc2[nH]1. The van der Waals surface area contributed by atoms with Crippen LogP contribution in [0.4, 0.5) is 0 Å². The molecule has 3 aromatic rings. The summed E-state index contributed by atoms with van der Waals surface area (Å²) in [7, 11) is 0. The van der Waals surface area contributed by atoms with E-state index in [0.717, 1.165) is 33.9 Å². The number of aromatic amines is 1. The van der Waals surface area contributed by atoms with Crippen LogP contribution in [0.1, 0.15) is 11.1 Å². The maximum atomic E-state index is 5.43. The largest absolute Gasteiger partial charge is 0.369 e. The number of fused-ring (bicyclic) bond motifs is 2. The van der Waals surface area contributed by atoms with Gasteiger partial charge in [-0.05, 0) is 24.1 Å². The van der Waals surface area contributed by atoms with Crippen molar-refractivity contribution in [3.8, 4) is 0 Å². The van der Waals surface area contributed by atoms with Crippen molar-refractivity contribution in [3.63, 3.8) is 0 Å². The van der Waals surface area contributed by atoms with Gasteiger partial charge in [0.25, 0.3) is 0 Å². The molecule has 1 aromatic heterocycles. The van der Waals surface area contributed by atoms with E-state index >= 15 is 0 Å². The first-order valence-corrected chi connectivity index (χ1v) is 8.45. The van der Waals surface area contributed by atoms with Crippen LogP contribution in [0.15, 0.2) is 63.9 Å². The fourth-order valence-electron chi connectivity index (χ4n) is 2.87. The summed E-state index contributed by atoms with van der Waals surface area (Å²) < 4.78 is 0. The second-order valence-corrected chi connectivity index (χ2v) is 6.73. The molecule has 0 bridgehead atoms. The third kappa shape index (κ3) is 2.74. The van der Waals surface area contributed by atoms with E-state index in [0.29, 0.717) is 0 Å². The van der Waals surface area contributed by atoms with Crippen molar-refractivity contribution in [1.82, 2.24) is 9.97 Å². The van der Waals surface area contributed by atoms with Gasteiger partial charge in [0, 0.05) is 5.56 Å². The van der Waals surface area contributed by atoms with Crippen LogP contribution in [0, 0.1) is 0 Å². The lowest BCUT2D eigenvalue weighted by molar-refractivity contribution is 1.04. The number of guanidine groups is 1. The molecule has 5 N–H and O–H groups in total. The topological polar surface area (TPSA) is 105 Å². The van der Waals surface area contributed by atoms with Crippen molar-refractivity contribution in [3.05, 3.63) is 59.7 Å². The van der Waals surface area contributed by atoms with E-state index in [-0.39, 0.29) is 11.2 Å². The molecule has 6 nitrogen and oxygen atoms in total. The number of hydrogen-bond acceptors (Lipinski definition) is 4. The summed E-state index contributed by atoms with van der Waals surface area (Å²) in [4.78, 5) is 7.98. The van der Waals surface area contributed by atoms with Gasteiger partial charge in [0.15, 0.2) is 5.16 Å². The summed E-state index contributed by atoms with van der Waals surface area (Å²) in [6.07, 6.45) is 0.872. The summed E-state index contributed by atoms with van der Waals surface area (Å²) in [5.74, 6) is -0.0423. The Morgan fingerprint density at radius 1 is 1.12 bits per heavy atom. The van der Waals surface area contributed by atoms with Crippen LogP contribution in [0.3, 0.4) is 0 Å². The molecule has 0 saturated heterocycles. The van der Waals surface area contributed by atoms with E-state index in [1.807, 2.05) is 36.4 Å². The minimum atomic E-state index is -0.0423. The lowest BCUT2D eigenvalue weighted by Crippen LogP contribution is -2.22. The molecule has 4 rings (SSSR count). The first-order valence-electron chi connectivity index (χ1n) is 7.57. The number of benzene rings is 2. The second kappa shape index (κ2) is 6.01. The lowest BCUT2D eigenvalue weighted by atomic mass is 10.1. The van der Waals surface area contributed by atoms with Crippen molar-refractivity contribution in [2.45, 2.75) is 16.8 Å². The van der Waals surface area contributed by atoms with E-state index in [1.165, 1.54) is 5.56 Å². The van der Waals surface area contributed by atoms with Gasteiger partial charge in [-0.2, -0.15) is 5.10 Å². The van der Waals surface area contributed by atoms with Crippen molar-refractivity contribution in [1.29, 1.82) is 0 Å². The fourth-order valence-corrected chi connectivity index (χ4v) is 4.00. The molecule has 0 saturated carbocycles. The molecule has 120 valence electrons. The molecule has 0 spiro atoms. The molecule has 1 heterocycles. The van der Waals surface area contributed by atoms with Gasteiger partial charge in [-0.3, -0.25) is 0 Å². The molecule has 0 amide bonds. The van der Waals surface area contributed by atoms with Gasteiger partial charge in [0.05, 0.1) is 22.0 Å². The molecular weight excluding hydrogens is 320 g/mol.